The van der Waals surface area contributed by atoms with E-state index >= 15 is 4.79 Å². The predicted octanol–water partition coefficient (Wildman–Crippen LogP) is 13.1. The predicted molar refractivity (Wildman–Crippen MR) is 311 cm³/mol. The summed E-state index contributed by atoms with van der Waals surface area (Å²) in [5.41, 5.74) is 8.72. The van der Waals surface area contributed by atoms with Crippen molar-refractivity contribution in [3.05, 3.63) is 275 Å². The molecule has 12 rings (SSSR count). The molecule has 2 aromatic heterocycles. The van der Waals surface area contributed by atoms with Gasteiger partial charge in [0.15, 0.2) is 6.23 Å². The first-order valence-electron chi connectivity index (χ1n) is 27.3. The zero-order chi connectivity index (χ0) is 54.9. The van der Waals surface area contributed by atoms with Crippen LogP contribution in [-0.4, -0.2) is 64.3 Å². The first-order valence-corrected chi connectivity index (χ1v) is 27.3. The number of aromatic amines is 1. The van der Waals surface area contributed by atoms with Gasteiger partial charge in [0.05, 0.1) is 55.2 Å². The van der Waals surface area contributed by atoms with E-state index in [1.54, 1.807) is 6.20 Å². The molecule has 1 fully saturated rings. The number of para-hydroxylation sites is 2. The molecule has 406 valence electrons. The molecule has 10 aromatic rings. The Morgan fingerprint density at radius 3 is 1.41 bits per heavy atom. The average Bonchev–Trinajstić information content (AvgIpc) is 4.35. The van der Waals surface area contributed by atoms with Gasteiger partial charge in [-0.3, -0.25) is 14.5 Å². The second-order valence-corrected chi connectivity index (χ2v) is 20.3. The number of amides is 2. The minimum Gasteiger partial charge on any atom is -0.487 e. The van der Waals surface area contributed by atoms with Crippen LogP contribution in [0, 0.1) is 0 Å². The number of hydrogen-bond donors (Lipinski definition) is 1. The minimum atomic E-state index is -0.972. The van der Waals surface area contributed by atoms with Gasteiger partial charge in [-0.05, 0) is 45.5 Å². The van der Waals surface area contributed by atoms with Crippen molar-refractivity contribution in [2.75, 3.05) is 13.7 Å². The highest BCUT2D eigenvalue weighted by atomic mass is 16.6. The zero-order valence-corrected chi connectivity index (χ0v) is 44.8. The quantitative estimate of drug-likeness (QED) is 0.0661. The van der Waals surface area contributed by atoms with E-state index < -0.39 is 42.5 Å². The van der Waals surface area contributed by atoms with Gasteiger partial charge >= 0.3 is 0 Å². The maximum Gasteiger partial charge on any atom is 0.261 e. The standard InChI is InChI=1S/C69H61N3O9/c1-71-67(73)60(55-38-70-62-53(55)34-20-36-57(62)76-41-48-24-10-3-11-25-48)61(68(71)74)56-39-72(63-54(56)35-21-37-58(63)77-42-49-26-12-4-13-27-49)69-66(80-45-52-32-18-7-19-33-52)65(79-44-51-30-16-6-17-31-51)64(78-43-50-28-14-5-15-29-50)59(81-69)46-75-40-47-22-8-2-9-23-47/h2-39,59,64-66,69-70H,40-46H2,1H3/t59?,64-,65?,66?,69?/m0/s1. The highest BCUT2D eigenvalue weighted by Crippen LogP contribution is 2.46. The Bertz CT molecular complexity index is 3760. The zero-order valence-electron chi connectivity index (χ0n) is 44.8. The van der Waals surface area contributed by atoms with Gasteiger partial charge in [-0.15, -0.1) is 0 Å². The summed E-state index contributed by atoms with van der Waals surface area (Å²) in [6, 6.07) is 71.5. The maximum atomic E-state index is 15.1. The van der Waals surface area contributed by atoms with Crippen LogP contribution in [-0.2, 0) is 72.9 Å². The molecule has 0 spiro atoms. The lowest BCUT2D eigenvalue weighted by Crippen LogP contribution is -2.59. The van der Waals surface area contributed by atoms with E-state index in [9.17, 15) is 4.79 Å². The van der Waals surface area contributed by atoms with E-state index in [-0.39, 0.29) is 44.2 Å². The van der Waals surface area contributed by atoms with Gasteiger partial charge in [-0.2, -0.15) is 0 Å². The van der Waals surface area contributed by atoms with E-state index in [0.29, 0.717) is 52.3 Å². The van der Waals surface area contributed by atoms with Gasteiger partial charge in [-0.25, -0.2) is 0 Å². The van der Waals surface area contributed by atoms with E-state index in [1.807, 2.05) is 229 Å². The maximum absolute atomic E-state index is 15.1. The number of H-pyrrole nitrogens is 1. The van der Waals surface area contributed by atoms with Crippen molar-refractivity contribution in [1.82, 2.24) is 14.5 Å². The lowest BCUT2D eigenvalue weighted by molar-refractivity contribution is -0.289. The van der Waals surface area contributed by atoms with Crippen molar-refractivity contribution < 1.29 is 42.7 Å². The normalized spacial score (nSPS) is 18.3. The summed E-state index contributed by atoms with van der Waals surface area (Å²) in [5, 5.41) is 1.38. The van der Waals surface area contributed by atoms with E-state index in [1.165, 1.54) is 11.9 Å². The van der Waals surface area contributed by atoms with E-state index in [2.05, 4.69) is 4.98 Å². The molecule has 1 N–H and O–H groups in total. The third-order valence-corrected chi connectivity index (χ3v) is 14.9. The minimum absolute atomic E-state index is 0.121. The Hall–Kier alpha value is -8.88. The van der Waals surface area contributed by atoms with Crippen LogP contribution in [0.1, 0.15) is 50.7 Å². The number of likely N-dealkylation sites (N-methyl/N-ethyl adjacent to an activating group) is 1. The molecule has 2 aliphatic rings. The molecule has 0 saturated carbocycles. The molecule has 4 heterocycles. The largest absolute Gasteiger partial charge is 0.487 e. The van der Waals surface area contributed by atoms with Crippen molar-refractivity contribution in [1.29, 1.82) is 0 Å². The highest BCUT2D eigenvalue weighted by molar-refractivity contribution is 6.50. The number of nitrogens with one attached hydrogen (secondary N) is 1. The third-order valence-electron chi connectivity index (χ3n) is 14.9. The number of nitrogens with zero attached hydrogens (tertiary/aromatic N) is 2. The lowest BCUT2D eigenvalue weighted by atomic mass is 9.95. The van der Waals surface area contributed by atoms with Gasteiger partial charge < -0.3 is 42.7 Å². The summed E-state index contributed by atoms with van der Waals surface area (Å²) in [7, 11) is 1.52. The first-order chi connectivity index (χ1) is 39.9. The van der Waals surface area contributed by atoms with Crippen molar-refractivity contribution in [3.8, 4) is 11.5 Å². The van der Waals surface area contributed by atoms with Gasteiger partial charge in [0.1, 0.15) is 49.1 Å². The number of carbonyl (C=O) groups is 2. The number of aromatic nitrogens is 2. The van der Waals surface area contributed by atoms with Crippen LogP contribution in [0.15, 0.2) is 231 Å². The number of carbonyl (C=O) groups excluding carboxylic acids is 2. The van der Waals surface area contributed by atoms with Crippen LogP contribution in [0.2, 0.25) is 0 Å². The molecule has 8 aromatic carbocycles. The fourth-order valence-corrected chi connectivity index (χ4v) is 10.9. The molecule has 2 amide bonds. The smallest absolute Gasteiger partial charge is 0.261 e. The van der Waals surface area contributed by atoms with Crippen LogP contribution in [0.4, 0.5) is 0 Å². The molecule has 5 atom stereocenters. The first kappa shape index (κ1) is 52.8. The molecule has 81 heavy (non-hydrogen) atoms. The monoisotopic (exact) mass is 1080 g/mol. The molecule has 0 bridgehead atoms. The Morgan fingerprint density at radius 1 is 0.444 bits per heavy atom. The molecule has 12 nitrogen and oxygen atoms in total. The number of rotatable bonds is 22. The van der Waals surface area contributed by atoms with E-state index in [4.69, 9.17) is 33.2 Å². The summed E-state index contributed by atoms with van der Waals surface area (Å²) >= 11 is 0. The molecule has 0 radical (unpaired) electrons. The fraction of sp³-hybridized carbons (Fsp3) is 0.188. The van der Waals surface area contributed by atoms with Gasteiger partial charge in [0, 0.05) is 41.3 Å². The second-order valence-electron chi connectivity index (χ2n) is 20.3. The van der Waals surface area contributed by atoms with Crippen molar-refractivity contribution in [3.63, 3.8) is 0 Å². The van der Waals surface area contributed by atoms with Crippen LogP contribution in [0.25, 0.3) is 33.0 Å². The van der Waals surface area contributed by atoms with Crippen LogP contribution >= 0.6 is 0 Å². The van der Waals surface area contributed by atoms with Crippen molar-refractivity contribution in [2.45, 2.75) is 70.3 Å². The van der Waals surface area contributed by atoms with Crippen LogP contribution in [0.5, 0.6) is 11.5 Å². The summed E-state index contributed by atoms with van der Waals surface area (Å²) in [6.07, 6.45) is -0.384. The summed E-state index contributed by atoms with van der Waals surface area (Å²) in [4.78, 5) is 34.5. The van der Waals surface area contributed by atoms with Crippen molar-refractivity contribution >= 4 is 44.8 Å². The van der Waals surface area contributed by atoms with Crippen LogP contribution < -0.4 is 9.47 Å². The fourth-order valence-electron chi connectivity index (χ4n) is 10.9. The van der Waals surface area contributed by atoms with Gasteiger partial charge in [0.2, 0.25) is 0 Å². The van der Waals surface area contributed by atoms with Gasteiger partial charge in [-0.1, -0.05) is 206 Å². The number of ether oxygens (including phenoxy) is 7. The van der Waals surface area contributed by atoms with Gasteiger partial charge in [0.25, 0.3) is 11.8 Å². The highest BCUT2D eigenvalue weighted by Gasteiger charge is 2.50. The second kappa shape index (κ2) is 24.6. The Morgan fingerprint density at radius 2 is 0.877 bits per heavy atom. The van der Waals surface area contributed by atoms with Crippen molar-refractivity contribution in [2.24, 2.45) is 0 Å². The number of hydrogen-bond acceptors (Lipinski definition) is 9. The molecular weight excluding hydrogens is 1010 g/mol. The molecule has 2 aliphatic heterocycles. The molecule has 12 heteroatoms. The average molecular weight is 1080 g/mol. The SMILES string of the molecule is CN1C(=O)C(c2c[nH]c3c(OCc4ccccc4)cccc23)=C(c2cn(C3OC(COCc4ccccc4)[C@H](OCc4ccccc4)C(OCc4ccccc4)C3OCc3ccccc3)c3c(OCc4ccccc4)cccc23)C1=O. The summed E-state index contributed by atoms with van der Waals surface area (Å²) < 4.78 is 50.9. The number of fused-ring (bicyclic) bond motifs is 2. The Kier molecular flexibility index (Phi) is 16.1. The number of benzene rings is 8. The lowest BCUT2D eigenvalue weighted by Gasteiger charge is -2.46. The Labute approximate surface area is 470 Å². The number of imide groups is 1. The van der Waals surface area contributed by atoms with E-state index in [0.717, 1.165) is 38.8 Å². The molecule has 1 saturated heterocycles. The molecule has 4 unspecified atom stereocenters. The molecule has 0 aliphatic carbocycles. The Balaban J connectivity index is 1.03. The summed E-state index contributed by atoms with van der Waals surface area (Å²) in [5.74, 6) is 0.238. The third kappa shape index (κ3) is 11.6. The summed E-state index contributed by atoms with van der Waals surface area (Å²) in [6.45, 7) is 1.72. The van der Waals surface area contributed by atoms with Crippen LogP contribution in [0.3, 0.4) is 0 Å². The topological polar surface area (TPSA) is 123 Å². The molecular formula is C69H61N3O9.